The van der Waals surface area contributed by atoms with E-state index in [2.05, 4.69) is 4.98 Å². The van der Waals surface area contributed by atoms with Gasteiger partial charge in [-0.05, 0) is 91.3 Å². The summed E-state index contributed by atoms with van der Waals surface area (Å²) >= 11 is 0. The number of nitrogens with zero attached hydrogens (tertiary/aromatic N) is 1. The molecule has 0 radical (unpaired) electrons. The second kappa shape index (κ2) is 8.09. The molecule has 26 heavy (non-hydrogen) atoms. The van der Waals surface area contributed by atoms with E-state index in [1.807, 2.05) is 31.2 Å². The number of pyridine rings is 1. The summed E-state index contributed by atoms with van der Waals surface area (Å²) in [5, 5.41) is 0. The van der Waals surface area contributed by atoms with Crippen LogP contribution in [0, 0.1) is 18.6 Å². The van der Waals surface area contributed by atoms with Crippen LogP contribution in [-0.4, -0.2) is 4.98 Å². The van der Waals surface area contributed by atoms with Gasteiger partial charge < -0.3 is 5.73 Å². The Hall–Kier alpha value is -2.75. The predicted molar refractivity (Wildman–Crippen MR) is 101 cm³/mol. The van der Waals surface area contributed by atoms with Gasteiger partial charge in [-0.25, -0.2) is 13.8 Å². The van der Waals surface area contributed by atoms with Crippen molar-refractivity contribution in [3.8, 4) is 0 Å². The summed E-state index contributed by atoms with van der Waals surface area (Å²) in [6, 6.07) is 15.5. The van der Waals surface area contributed by atoms with Crippen molar-refractivity contribution in [3.05, 3.63) is 94.2 Å². The molecule has 0 saturated carbocycles. The van der Waals surface area contributed by atoms with E-state index in [9.17, 15) is 8.78 Å². The highest BCUT2D eigenvalue weighted by molar-refractivity contribution is 5.35. The quantitative estimate of drug-likeness (QED) is 0.691. The van der Waals surface area contributed by atoms with E-state index in [0.717, 1.165) is 27.9 Å². The molecule has 4 heteroatoms. The molecule has 0 atom stereocenters. The minimum Gasteiger partial charge on any atom is -0.384 e. The number of hydrogen-bond donors (Lipinski definition) is 1. The van der Waals surface area contributed by atoms with Crippen LogP contribution in [0.4, 0.5) is 14.6 Å². The number of anilines is 1. The fourth-order valence-electron chi connectivity index (χ4n) is 3.16. The van der Waals surface area contributed by atoms with Gasteiger partial charge in [0, 0.05) is 5.69 Å². The second-order valence-electron chi connectivity index (χ2n) is 6.66. The lowest BCUT2D eigenvalue weighted by Gasteiger charge is -2.08. The first-order chi connectivity index (χ1) is 12.5. The molecule has 0 aliphatic rings. The molecule has 2 nitrogen and oxygen atoms in total. The van der Waals surface area contributed by atoms with Crippen molar-refractivity contribution in [1.29, 1.82) is 0 Å². The van der Waals surface area contributed by atoms with Crippen molar-refractivity contribution in [2.75, 3.05) is 5.73 Å². The molecule has 0 aliphatic heterocycles. The third-order valence-corrected chi connectivity index (χ3v) is 4.32. The molecule has 0 aliphatic carbocycles. The first-order valence-electron chi connectivity index (χ1n) is 8.74. The smallest absolute Gasteiger partial charge is 0.123 e. The van der Waals surface area contributed by atoms with E-state index in [4.69, 9.17) is 5.73 Å². The van der Waals surface area contributed by atoms with E-state index in [1.54, 1.807) is 18.2 Å². The van der Waals surface area contributed by atoms with E-state index in [1.165, 1.54) is 12.1 Å². The van der Waals surface area contributed by atoms with Gasteiger partial charge in [0.2, 0.25) is 0 Å². The van der Waals surface area contributed by atoms with Gasteiger partial charge in [0.1, 0.15) is 17.5 Å². The minimum absolute atomic E-state index is 0.242. The number of rotatable bonds is 6. The Morgan fingerprint density at radius 1 is 0.769 bits per heavy atom. The van der Waals surface area contributed by atoms with Crippen LogP contribution in [0.3, 0.4) is 0 Å². The van der Waals surface area contributed by atoms with Gasteiger partial charge in [0.15, 0.2) is 0 Å². The predicted octanol–water partition coefficient (Wildman–Crippen LogP) is 4.82. The number of benzene rings is 2. The maximum Gasteiger partial charge on any atom is 0.123 e. The molecule has 0 bridgehead atoms. The first-order valence-corrected chi connectivity index (χ1v) is 8.74. The minimum atomic E-state index is -0.243. The summed E-state index contributed by atoms with van der Waals surface area (Å²) in [7, 11) is 0. The van der Waals surface area contributed by atoms with E-state index < -0.39 is 0 Å². The van der Waals surface area contributed by atoms with Gasteiger partial charge in [-0.3, -0.25) is 0 Å². The monoisotopic (exact) mass is 352 g/mol. The molecule has 2 N–H and O–H groups in total. The lowest BCUT2D eigenvalue weighted by atomic mass is 9.99. The van der Waals surface area contributed by atoms with Crippen molar-refractivity contribution >= 4 is 5.82 Å². The zero-order valence-corrected chi connectivity index (χ0v) is 14.8. The van der Waals surface area contributed by atoms with Gasteiger partial charge >= 0.3 is 0 Å². The molecule has 3 aromatic rings. The first kappa shape index (κ1) is 18.1. The average Bonchev–Trinajstić information content (AvgIpc) is 2.57. The van der Waals surface area contributed by atoms with Gasteiger partial charge in [-0.2, -0.15) is 0 Å². The highest BCUT2D eigenvalue weighted by Gasteiger charge is 2.05. The fourth-order valence-corrected chi connectivity index (χ4v) is 3.16. The summed E-state index contributed by atoms with van der Waals surface area (Å²) in [6.45, 7) is 1.98. The highest BCUT2D eigenvalue weighted by atomic mass is 19.1. The zero-order chi connectivity index (χ0) is 18.5. The van der Waals surface area contributed by atoms with Crippen LogP contribution in [0.15, 0.2) is 54.6 Å². The Balaban J connectivity index is 1.67. The molecule has 1 aromatic heterocycles. The molecule has 1 heterocycles. The molecule has 0 spiro atoms. The number of aryl methyl sites for hydroxylation is 5. The maximum atomic E-state index is 14.0. The van der Waals surface area contributed by atoms with Crippen molar-refractivity contribution < 1.29 is 8.78 Å². The second-order valence-corrected chi connectivity index (χ2v) is 6.66. The third-order valence-electron chi connectivity index (χ3n) is 4.32. The summed E-state index contributed by atoms with van der Waals surface area (Å²) < 4.78 is 27.2. The molecule has 3 rings (SSSR count). The standard InChI is InChI=1S/C22H22F2N2/c1-15-9-21(26-22(25)10-15)8-7-18-11-17(13-20(24)14-18)6-5-16-3-2-4-19(23)12-16/h2-4,9-14H,5-8H2,1H3,(H2,25,26). The van der Waals surface area contributed by atoms with Crippen LogP contribution in [0.2, 0.25) is 0 Å². The Bertz CT molecular complexity index is 886. The van der Waals surface area contributed by atoms with Crippen LogP contribution in [-0.2, 0) is 25.7 Å². The van der Waals surface area contributed by atoms with Crippen LogP contribution in [0.1, 0.15) is 27.9 Å². The van der Waals surface area contributed by atoms with Crippen molar-refractivity contribution in [2.24, 2.45) is 0 Å². The van der Waals surface area contributed by atoms with Crippen molar-refractivity contribution in [3.63, 3.8) is 0 Å². The van der Waals surface area contributed by atoms with Gasteiger partial charge in [-0.15, -0.1) is 0 Å². The number of nitrogens with two attached hydrogens (primary N) is 1. The molecule has 0 fully saturated rings. The molecular weight excluding hydrogens is 330 g/mol. The van der Waals surface area contributed by atoms with Gasteiger partial charge in [-0.1, -0.05) is 18.2 Å². The molecule has 0 amide bonds. The van der Waals surface area contributed by atoms with Crippen molar-refractivity contribution in [2.45, 2.75) is 32.6 Å². The van der Waals surface area contributed by atoms with Crippen LogP contribution in [0.25, 0.3) is 0 Å². The van der Waals surface area contributed by atoms with E-state index in [-0.39, 0.29) is 11.6 Å². The third kappa shape index (κ3) is 5.12. The summed E-state index contributed by atoms with van der Waals surface area (Å²) in [4.78, 5) is 4.33. The number of nitrogen functional groups attached to an aromatic ring is 1. The zero-order valence-electron chi connectivity index (χ0n) is 14.8. The molecule has 0 unspecified atom stereocenters. The largest absolute Gasteiger partial charge is 0.384 e. The summed E-state index contributed by atoms with van der Waals surface area (Å²) in [6.07, 6.45) is 2.75. The SMILES string of the molecule is Cc1cc(N)nc(CCc2cc(F)cc(CCc3cccc(F)c3)c2)c1. The lowest BCUT2D eigenvalue weighted by Crippen LogP contribution is -2.01. The van der Waals surface area contributed by atoms with Crippen LogP contribution >= 0.6 is 0 Å². The number of halogens is 2. The van der Waals surface area contributed by atoms with Crippen molar-refractivity contribution in [1.82, 2.24) is 4.98 Å². The molecule has 0 saturated heterocycles. The highest BCUT2D eigenvalue weighted by Crippen LogP contribution is 2.16. The van der Waals surface area contributed by atoms with Gasteiger partial charge in [0.05, 0.1) is 0 Å². The lowest BCUT2D eigenvalue weighted by molar-refractivity contribution is 0.620. The maximum absolute atomic E-state index is 14.0. The number of hydrogen-bond acceptors (Lipinski definition) is 2. The Morgan fingerprint density at radius 2 is 1.42 bits per heavy atom. The Labute approximate surface area is 152 Å². The average molecular weight is 352 g/mol. The van der Waals surface area contributed by atoms with Gasteiger partial charge in [0.25, 0.3) is 0 Å². The normalized spacial score (nSPS) is 10.9. The van der Waals surface area contributed by atoms with Crippen LogP contribution < -0.4 is 5.73 Å². The Kier molecular flexibility index (Phi) is 5.61. The molecule has 2 aromatic carbocycles. The fraction of sp³-hybridized carbons (Fsp3) is 0.227. The van der Waals surface area contributed by atoms with E-state index in [0.29, 0.717) is 31.5 Å². The summed E-state index contributed by atoms with van der Waals surface area (Å²) in [5.74, 6) is 0.0239. The topological polar surface area (TPSA) is 38.9 Å². The summed E-state index contributed by atoms with van der Waals surface area (Å²) in [5.41, 5.74) is 10.5. The van der Waals surface area contributed by atoms with E-state index >= 15 is 0 Å². The van der Waals surface area contributed by atoms with Crippen LogP contribution in [0.5, 0.6) is 0 Å². The number of aromatic nitrogens is 1. The Morgan fingerprint density at radius 3 is 2.12 bits per heavy atom. The molecule has 134 valence electrons. The molecular formula is C22H22F2N2.